The van der Waals surface area contributed by atoms with E-state index in [4.69, 9.17) is 17.4 Å². The van der Waals surface area contributed by atoms with E-state index >= 15 is 0 Å². The molecule has 0 saturated carbocycles. The fourth-order valence-corrected chi connectivity index (χ4v) is 3.75. The molecule has 0 spiro atoms. The van der Waals surface area contributed by atoms with Gasteiger partial charge in [-0.3, -0.25) is 4.79 Å². The van der Waals surface area contributed by atoms with Gasteiger partial charge in [0.25, 0.3) is 0 Å². The van der Waals surface area contributed by atoms with Crippen LogP contribution >= 0.6 is 11.6 Å². The van der Waals surface area contributed by atoms with Gasteiger partial charge in [-0.05, 0) is 13.0 Å². The quantitative estimate of drug-likeness (QED) is 0.512. The summed E-state index contributed by atoms with van der Waals surface area (Å²) in [6.45, 7) is 1.99. The van der Waals surface area contributed by atoms with E-state index in [0.29, 0.717) is 0 Å². The lowest BCUT2D eigenvalue weighted by Crippen LogP contribution is -2.55. The summed E-state index contributed by atoms with van der Waals surface area (Å²) in [6.07, 6.45) is 1.15. The molecule has 8 nitrogen and oxygen atoms in total. The molecule has 1 aliphatic rings. The predicted octanol–water partition coefficient (Wildman–Crippen LogP) is -0.470. The van der Waals surface area contributed by atoms with Crippen molar-refractivity contribution in [3.05, 3.63) is 17.3 Å². The van der Waals surface area contributed by atoms with Gasteiger partial charge in [0.15, 0.2) is 5.82 Å². The van der Waals surface area contributed by atoms with Gasteiger partial charge in [0.05, 0.1) is 5.02 Å². The number of rotatable bonds is 3. The van der Waals surface area contributed by atoms with E-state index in [1.807, 2.05) is 0 Å². The van der Waals surface area contributed by atoms with Crippen molar-refractivity contribution in [3.8, 4) is 0 Å². The monoisotopic (exact) mass is 319 g/mol. The first-order chi connectivity index (χ1) is 9.37. The highest BCUT2D eigenvalue weighted by Gasteiger charge is 2.35. The van der Waals surface area contributed by atoms with Gasteiger partial charge in [-0.2, -0.15) is 4.31 Å². The molecule has 1 amide bonds. The van der Waals surface area contributed by atoms with Gasteiger partial charge in [0.2, 0.25) is 15.9 Å². The fourth-order valence-electron chi connectivity index (χ4n) is 1.89. The summed E-state index contributed by atoms with van der Waals surface area (Å²) in [5.74, 6) is 5.02. The van der Waals surface area contributed by atoms with Crippen LogP contribution in [0.4, 0.5) is 5.82 Å². The van der Waals surface area contributed by atoms with Crippen molar-refractivity contribution in [2.24, 2.45) is 5.84 Å². The van der Waals surface area contributed by atoms with Crippen LogP contribution in [0.2, 0.25) is 5.02 Å². The van der Waals surface area contributed by atoms with Crippen LogP contribution in [0.15, 0.2) is 17.2 Å². The molecular formula is C10H14ClN5O3S. The molecule has 1 aromatic heterocycles. The molecule has 1 unspecified atom stereocenters. The van der Waals surface area contributed by atoms with Crippen LogP contribution in [0.1, 0.15) is 6.92 Å². The first-order valence-electron chi connectivity index (χ1n) is 5.79. The normalized spacial score (nSPS) is 20.6. The number of nitrogens with two attached hydrogens (primary N) is 1. The number of nitrogens with zero attached hydrogens (tertiary/aromatic N) is 2. The second-order valence-corrected chi connectivity index (χ2v) is 6.53. The number of nitrogens with one attached hydrogen (secondary N) is 2. The molecule has 20 heavy (non-hydrogen) atoms. The van der Waals surface area contributed by atoms with Crippen molar-refractivity contribution in [3.63, 3.8) is 0 Å². The molecule has 2 rings (SSSR count). The van der Waals surface area contributed by atoms with Crippen molar-refractivity contribution < 1.29 is 13.2 Å². The molecule has 1 aromatic rings. The molecule has 1 fully saturated rings. The van der Waals surface area contributed by atoms with E-state index in [1.54, 1.807) is 0 Å². The summed E-state index contributed by atoms with van der Waals surface area (Å²) in [5.41, 5.74) is 2.25. The zero-order valence-electron chi connectivity index (χ0n) is 10.6. The number of anilines is 1. The molecule has 0 aromatic carbocycles. The van der Waals surface area contributed by atoms with E-state index in [9.17, 15) is 13.2 Å². The van der Waals surface area contributed by atoms with Crippen LogP contribution in [0.3, 0.4) is 0 Å². The van der Waals surface area contributed by atoms with Crippen LogP contribution in [-0.4, -0.2) is 42.7 Å². The number of carbonyl (C=O) groups is 1. The van der Waals surface area contributed by atoms with E-state index in [-0.39, 0.29) is 34.7 Å². The summed E-state index contributed by atoms with van der Waals surface area (Å²) in [5, 5.41) is 2.69. The standard InChI is InChI=1S/C10H14ClN5O3S/c1-6-10(17)13-2-3-16(6)20(18,19)7-4-8(11)9(15-12)14-5-7/h4-6H,2-3,12H2,1H3,(H,13,17)(H,14,15). The molecule has 0 aliphatic carbocycles. The molecular weight excluding hydrogens is 306 g/mol. The lowest BCUT2D eigenvalue weighted by Gasteiger charge is -2.31. The summed E-state index contributed by atoms with van der Waals surface area (Å²) >= 11 is 5.87. The first-order valence-corrected chi connectivity index (χ1v) is 7.61. The minimum atomic E-state index is -3.83. The van der Waals surface area contributed by atoms with Gasteiger partial charge in [-0.25, -0.2) is 19.2 Å². The zero-order valence-corrected chi connectivity index (χ0v) is 12.2. The van der Waals surface area contributed by atoms with Crippen LogP contribution in [0.5, 0.6) is 0 Å². The second kappa shape index (κ2) is 5.52. The number of pyridine rings is 1. The minimum absolute atomic E-state index is 0.0805. The largest absolute Gasteiger partial charge is 0.353 e. The average Bonchev–Trinajstić information content (AvgIpc) is 2.41. The van der Waals surface area contributed by atoms with Gasteiger partial charge in [-0.1, -0.05) is 11.6 Å². The van der Waals surface area contributed by atoms with Crippen LogP contribution < -0.4 is 16.6 Å². The Bertz CT molecular complexity index is 636. The fraction of sp³-hybridized carbons (Fsp3) is 0.400. The van der Waals surface area contributed by atoms with Crippen molar-refractivity contribution >= 4 is 33.3 Å². The van der Waals surface area contributed by atoms with Crippen LogP contribution in [0, 0.1) is 0 Å². The number of sulfonamides is 1. The van der Waals surface area contributed by atoms with Crippen molar-refractivity contribution in [1.82, 2.24) is 14.6 Å². The number of halogens is 1. The predicted molar refractivity (Wildman–Crippen MR) is 73.4 cm³/mol. The Balaban J connectivity index is 2.39. The summed E-state index contributed by atoms with van der Waals surface area (Å²) in [4.78, 5) is 15.3. The Kier molecular flexibility index (Phi) is 4.14. The number of aromatic nitrogens is 1. The molecule has 10 heteroatoms. The summed E-state index contributed by atoms with van der Waals surface area (Å²) < 4.78 is 26.1. The maximum Gasteiger partial charge on any atom is 0.245 e. The Labute approximate surface area is 121 Å². The Hall–Kier alpha value is -1.42. The second-order valence-electron chi connectivity index (χ2n) is 4.23. The van der Waals surface area contributed by atoms with Gasteiger partial charge < -0.3 is 10.7 Å². The molecule has 1 saturated heterocycles. The van der Waals surface area contributed by atoms with E-state index in [0.717, 1.165) is 10.5 Å². The molecule has 0 radical (unpaired) electrons. The number of amides is 1. The van der Waals surface area contributed by atoms with Crippen molar-refractivity contribution in [1.29, 1.82) is 0 Å². The van der Waals surface area contributed by atoms with Gasteiger partial charge in [-0.15, -0.1) is 0 Å². The molecule has 2 heterocycles. The number of carbonyl (C=O) groups excluding carboxylic acids is 1. The smallest absolute Gasteiger partial charge is 0.245 e. The average molecular weight is 320 g/mol. The highest BCUT2D eigenvalue weighted by atomic mass is 35.5. The topological polar surface area (TPSA) is 117 Å². The van der Waals surface area contributed by atoms with Crippen molar-refractivity contribution in [2.75, 3.05) is 18.5 Å². The first kappa shape index (κ1) is 15.0. The molecule has 110 valence electrons. The number of hydrogen-bond donors (Lipinski definition) is 3. The van der Waals surface area contributed by atoms with Crippen molar-refractivity contribution in [2.45, 2.75) is 17.9 Å². The SMILES string of the molecule is CC1C(=O)NCCN1S(=O)(=O)c1cnc(NN)c(Cl)c1. The maximum absolute atomic E-state index is 12.5. The van der Waals surface area contributed by atoms with E-state index < -0.39 is 16.1 Å². The van der Waals surface area contributed by atoms with Crippen LogP contribution in [-0.2, 0) is 14.8 Å². The number of piperazine rings is 1. The number of nitrogen functional groups attached to an aromatic ring is 1. The third-order valence-electron chi connectivity index (χ3n) is 3.00. The van der Waals surface area contributed by atoms with Crippen LogP contribution in [0.25, 0.3) is 0 Å². The van der Waals surface area contributed by atoms with E-state index in [2.05, 4.69) is 15.7 Å². The van der Waals surface area contributed by atoms with Gasteiger partial charge in [0.1, 0.15) is 10.9 Å². The highest BCUT2D eigenvalue weighted by Crippen LogP contribution is 2.25. The third-order valence-corrected chi connectivity index (χ3v) is 5.23. The van der Waals surface area contributed by atoms with Gasteiger partial charge in [0, 0.05) is 19.3 Å². The molecule has 1 atom stereocenters. The number of hydrogen-bond acceptors (Lipinski definition) is 6. The highest BCUT2D eigenvalue weighted by molar-refractivity contribution is 7.89. The minimum Gasteiger partial charge on any atom is -0.353 e. The molecule has 1 aliphatic heterocycles. The Morgan fingerprint density at radius 1 is 1.60 bits per heavy atom. The van der Waals surface area contributed by atoms with E-state index in [1.165, 1.54) is 13.0 Å². The third kappa shape index (κ3) is 2.57. The Morgan fingerprint density at radius 2 is 2.30 bits per heavy atom. The zero-order chi connectivity index (χ0) is 14.9. The van der Waals surface area contributed by atoms with Gasteiger partial charge >= 0.3 is 0 Å². The summed E-state index contributed by atoms with van der Waals surface area (Å²) in [6, 6.07) is 0.470. The molecule has 4 N–H and O–H groups in total. The number of hydrazine groups is 1. The Morgan fingerprint density at radius 3 is 2.90 bits per heavy atom. The summed E-state index contributed by atoms with van der Waals surface area (Å²) in [7, 11) is -3.83. The maximum atomic E-state index is 12.5. The molecule has 0 bridgehead atoms. The lowest BCUT2D eigenvalue weighted by atomic mass is 10.2. The lowest BCUT2D eigenvalue weighted by molar-refractivity contribution is -0.126.